The number of nitrogens with zero attached hydrogens (tertiary/aromatic N) is 3. The molecule has 0 fully saturated rings. The molecule has 1 heterocycles. The van der Waals surface area contributed by atoms with Crippen LogP contribution in [0.5, 0.6) is 0 Å². The summed E-state index contributed by atoms with van der Waals surface area (Å²) >= 11 is 0. The lowest BCUT2D eigenvalue weighted by molar-refractivity contribution is -0.633. The molecule has 6 aromatic carbocycles. The summed E-state index contributed by atoms with van der Waals surface area (Å²) in [6.07, 6.45) is 0. The minimum atomic E-state index is 0.280. The maximum atomic E-state index is 8.09. The first-order valence-corrected chi connectivity index (χ1v) is 16.5. The molecule has 0 spiro atoms. The standard InChI is InChI=1S/C44H40N3/c1-28(2)37-25-34(33-23-21-32(22-24-33)31-15-9-8-10-16-31)26-38(29(3)4)43(37)47-42-20-14-13-19-41(42)46(7)44(47)39-27-40(45-6)36-18-12-11-17-35(36)30(39)5/h8-29H,1-5,7H3/q+1. The van der Waals surface area contributed by atoms with Gasteiger partial charge in [-0.05, 0) is 87.7 Å². The molecule has 0 amide bonds. The molecular weight excluding hydrogens is 571 g/mol. The zero-order chi connectivity index (χ0) is 32.8. The summed E-state index contributed by atoms with van der Waals surface area (Å²) in [6, 6.07) is 43.4. The number of aryl methyl sites for hydroxylation is 2. The largest absolute Gasteiger partial charge is 0.293 e. The lowest BCUT2D eigenvalue weighted by Crippen LogP contribution is -2.30. The van der Waals surface area contributed by atoms with Gasteiger partial charge in [-0.2, -0.15) is 4.57 Å². The van der Waals surface area contributed by atoms with Crippen LogP contribution < -0.4 is 4.57 Å². The molecule has 0 saturated heterocycles. The highest BCUT2D eigenvalue weighted by Gasteiger charge is 2.32. The SMILES string of the molecule is [C-]#[N+]c1cc(-c2n(-c3c(C(C)C)cc(-c4ccc(-c5ccccc5)cc4)cc3C(C)C)c3ccccc3[n+]2C)c(C)c2ccccc12. The van der Waals surface area contributed by atoms with Crippen molar-refractivity contribution < 1.29 is 4.57 Å². The number of benzene rings is 6. The summed E-state index contributed by atoms with van der Waals surface area (Å²) in [4.78, 5) is 4.01. The number of fused-ring (bicyclic) bond motifs is 2. The summed E-state index contributed by atoms with van der Waals surface area (Å²) in [6.45, 7) is 19.5. The van der Waals surface area contributed by atoms with Gasteiger partial charge in [0.05, 0.1) is 19.2 Å². The highest BCUT2D eigenvalue weighted by molar-refractivity contribution is 6.01. The molecule has 7 aromatic rings. The molecule has 0 N–H and O–H groups in total. The lowest BCUT2D eigenvalue weighted by atomic mass is 9.87. The Morgan fingerprint density at radius 1 is 0.617 bits per heavy atom. The van der Waals surface area contributed by atoms with E-state index >= 15 is 0 Å². The van der Waals surface area contributed by atoms with Crippen LogP contribution in [0.15, 0.2) is 121 Å². The monoisotopic (exact) mass is 610 g/mol. The average molecular weight is 611 g/mol. The Bertz CT molecular complexity index is 2290. The van der Waals surface area contributed by atoms with E-state index in [0.717, 1.165) is 33.2 Å². The zero-order valence-electron chi connectivity index (χ0n) is 28.0. The molecular formula is C44H40N3+. The highest BCUT2D eigenvalue weighted by atomic mass is 15.2. The third kappa shape index (κ3) is 5.11. The molecule has 0 bridgehead atoms. The first-order chi connectivity index (χ1) is 22.8. The fourth-order valence-corrected chi connectivity index (χ4v) is 7.14. The number of imidazole rings is 1. The van der Waals surface area contributed by atoms with Crippen molar-refractivity contribution in [3.8, 4) is 39.3 Å². The van der Waals surface area contributed by atoms with Gasteiger partial charge in [-0.15, -0.1) is 0 Å². The lowest BCUT2D eigenvalue weighted by Gasteiger charge is -2.21. The third-order valence-electron chi connectivity index (χ3n) is 9.63. The summed E-state index contributed by atoms with van der Waals surface area (Å²) in [7, 11) is 2.16. The van der Waals surface area contributed by atoms with Crippen molar-refractivity contribution in [2.45, 2.75) is 46.5 Å². The number of aromatic nitrogens is 2. The van der Waals surface area contributed by atoms with E-state index in [0.29, 0.717) is 5.69 Å². The van der Waals surface area contributed by atoms with E-state index in [-0.39, 0.29) is 11.8 Å². The van der Waals surface area contributed by atoms with Crippen LogP contribution in [0.1, 0.15) is 56.2 Å². The second kappa shape index (κ2) is 12.0. The van der Waals surface area contributed by atoms with E-state index in [9.17, 15) is 0 Å². The van der Waals surface area contributed by atoms with Crippen molar-refractivity contribution >= 4 is 27.5 Å². The first kappa shape index (κ1) is 30.2. The van der Waals surface area contributed by atoms with Gasteiger partial charge in [0.1, 0.15) is 5.69 Å². The fraction of sp³-hybridized carbons (Fsp3) is 0.182. The maximum absolute atomic E-state index is 8.09. The molecule has 3 nitrogen and oxygen atoms in total. The average Bonchev–Trinajstić information content (AvgIpc) is 3.39. The molecule has 0 aliphatic rings. The minimum absolute atomic E-state index is 0.280. The van der Waals surface area contributed by atoms with Gasteiger partial charge in [0.25, 0.3) is 5.82 Å². The molecule has 0 aliphatic carbocycles. The van der Waals surface area contributed by atoms with Crippen LogP contribution in [0, 0.1) is 13.5 Å². The van der Waals surface area contributed by atoms with Crippen LogP contribution in [0.4, 0.5) is 5.69 Å². The number of hydrogen-bond donors (Lipinski definition) is 0. The van der Waals surface area contributed by atoms with Crippen LogP contribution in [-0.4, -0.2) is 4.57 Å². The Hall–Kier alpha value is -5.46. The smallest absolute Gasteiger partial charge is 0.237 e. The number of para-hydroxylation sites is 2. The Labute approximate surface area is 278 Å². The summed E-state index contributed by atoms with van der Waals surface area (Å²) in [5, 5.41) is 2.12. The van der Waals surface area contributed by atoms with Gasteiger partial charge in [-0.1, -0.05) is 119 Å². The highest BCUT2D eigenvalue weighted by Crippen LogP contribution is 2.42. The van der Waals surface area contributed by atoms with E-state index in [2.05, 4.69) is 171 Å². The molecule has 0 radical (unpaired) electrons. The Kier molecular flexibility index (Phi) is 7.74. The van der Waals surface area contributed by atoms with Crippen molar-refractivity contribution in [1.82, 2.24) is 4.57 Å². The van der Waals surface area contributed by atoms with E-state index in [1.807, 2.05) is 6.07 Å². The summed E-state index contributed by atoms with van der Waals surface area (Å²) in [5.74, 6) is 1.65. The van der Waals surface area contributed by atoms with Crippen LogP contribution >= 0.6 is 0 Å². The topological polar surface area (TPSA) is 13.2 Å². The molecule has 0 atom stereocenters. The van der Waals surface area contributed by atoms with Crippen molar-refractivity contribution in [1.29, 1.82) is 0 Å². The van der Waals surface area contributed by atoms with Crippen LogP contribution in [-0.2, 0) is 7.05 Å². The molecule has 3 heteroatoms. The van der Waals surface area contributed by atoms with Crippen molar-refractivity contribution in [2.75, 3.05) is 0 Å². The molecule has 1 aromatic heterocycles. The molecule has 0 saturated carbocycles. The zero-order valence-corrected chi connectivity index (χ0v) is 28.0. The normalized spacial score (nSPS) is 11.6. The van der Waals surface area contributed by atoms with Crippen LogP contribution in [0.25, 0.3) is 66.0 Å². The van der Waals surface area contributed by atoms with Gasteiger partial charge in [0.15, 0.2) is 16.7 Å². The van der Waals surface area contributed by atoms with Crippen LogP contribution in [0.2, 0.25) is 0 Å². The predicted molar refractivity (Wildman–Crippen MR) is 197 cm³/mol. The summed E-state index contributed by atoms with van der Waals surface area (Å²) < 4.78 is 4.79. The van der Waals surface area contributed by atoms with Crippen LogP contribution in [0.3, 0.4) is 0 Å². The van der Waals surface area contributed by atoms with Crippen molar-refractivity contribution in [3.05, 3.63) is 149 Å². The van der Waals surface area contributed by atoms with Gasteiger partial charge in [0.2, 0.25) is 0 Å². The quantitative estimate of drug-likeness (QED) is 0.131. The van der Waals surface area contributed by atoms with Gasteiger partial charge >= 0.3 is 0 Å². The van der Waals surface area contributed by atoms with E-state index < -0.39 is 0 Å². The minimum Gasteiger partial charge on any atom is -0.237 e. The third-order valence-corrected chi connectivity index (χ3v) is 9.63. The van der Waals surface area contributed by atoms with E-state index in [1.165, 1.54) is 44.6 Å². The maximum Gasteiger partial charge on any atom is 0.293 e. The van der Waals surface area contributed by atoms with Crippen molar-refractivity contribution in [2.24, 2.45) is 7.05 Å². The van der Waals surface area contributed by atoms with Gasteiger partial charge in [-0.25, -0.2) is 9.41 Å². The Morgan fingerprint density at radius 3 is 1.77 bits per heavy atom. The van der Waals surface area contributed by atoms with Gasteiger partial charge in [0, 0.05) is 11.1 Å². The van der Waals surface area contributed by atoms with E-state index in [4.69, 9.17) is 6.57 Å². The molecule has 0 aliphatic heterocycles. The van der Waals surface area contributed by atoms with Crippen molar-refractivity contribution in [3.63, 3.8) is 0 Å². The van der Waals surface area contributed by atoms with Gasteiger partial charge < -0.3 is 0 Å². The second-order valence-electron chi connectivity index (χ2n) is 13.2. The predicted octanol–water partition coefficient (Wildman–Crippen LogP) is 11.7. The molecule has 7 rings (SSSR count). The Balaban J connectivity index is 1.52. The second-order valence-corrected chi connectivity index (χ2v) is 13.2. The van der Waals surface area contributed by atoms with Gasteiger partial charge in [-0.3, -0.25) is 0 Å². The fourth-order valence-electron chi connectivity index (χ4n) is 7.14. The Morgan fingerprint density at radius 2 is 1.15 bits per heavy atom. The van der Waals surface area contributed by atoms with E-state index in [1.54, 1.807) is 0 Å². The molecule has 0 unspecified atom stereocenters. The summed E-state index contributed by atoms with van der Waals surface area (Å²) in [5.41, 5.74) is 14.0. The first-order valence-electron chi connectivity index (χ1n) is 16.5. The number of hydrogen-bond acceptors (Lipinski definition) is 0. The number of rotatable bonds is 6. The molecule has 47 heavy (non-hydrogen) atoms. The molecule has 230 valence electrons.